The first-order valence-electron chi connectivity index (χ1n) is 9.24. The lowest BCUT2D eigenvalue weighted by molar-refractivity contribution is 0.0999. The SMILES string of the molecule is CCC(C)(C)C1CCc2c(sc(NC(=O)c3ccccc3F)c2C(N)=O)C1. The highest BCUT2D eigenvalue weighted by Gasteiger charge is 2.35. The summed E-state index contributed by atoms with van der Waals surface area (Å²) in [7, 11) is 0. The van der Waals surface area contributed by atoms with Crippen LogP contribution in [0.5, 0.6) is 0 Å². The Labute approximate surface area is 163 Å². The highest BCUT2D eigenvalue weighted by atomic mass is 32.1. The second kappa shape index (κ2) is 7.43. The van der Waals surface area contributed by atoms with Crippen molar-refractivity contribution in [3.8, 4) is 0 Å². The van der Waals surface area contributed by atoms with Crippen LogP contribution in [0.3, 0.4) is 0 Å². The minimum atomic E-state index is -0.596. The fourth-order valence-corrected chi connectivity index (χ4v) is 5.03. The van der Waals surface area contributed by atoms with Crippen molar-refractivity contribution in [2.45, 2.75) is 46.5 Å². The number of hydrogen-bond acceptors (Lipinski definition) is 3. The third-order valence-electron chi connectivity index (χ3n) is 5.87. The third-order valence-corrected chi connectivity index (χ3v) is 7.04. The van der Waals surface area contributed by atoms with Gasteiger partial charge in [0.25, 0.3) is 11.8 Å². The van der Waals surface area contributed by atoms with Gasteiger partial charge >= 0.3 is 0 Å². The van der Waals surface area contributed by atoms with E-state index in [4.69, 9.17) is 5.73 Å². The number of rotatable bonds is 5. The molecule has 0 spiro atoms. The smallest absolute Gasteiger partial charge is 0.259 e. The van der Waals surface area contributed by atoms with Crippen molar-refractivity contribution < 1.29 is 14.0 Å². The summed E-state index contributed by atoms with van der Waals surface area (Å²) in [4.78, 5) is 25.7. The average molecular weight is 389 g/mol. The Morgan fingerprint density at radius 3 is 2.67 bits per heavy atom. The molecule has 0 saturated carbocycles. The Bertz CT molecular complexity index is 888. The number of hydrogen-bond donors (Lipinski definition) is 2. The zero-order valence-electron chi connectivity index (χ0n) is 15.9. The molecule has 3 N–H and O–H groups in total. The van der Waals surface area contributed by atoms with Crippen LogP contribution in [0.1, 0.15) is 64.8 Å². The number of amides is 2. The number of benzene rings is 1. The zero-order valence-corrected chi connectivity index (χ0v) is 16.7. The van der Waals surface area contributed by atoms with Crippen molar-refractivity contribution >= 4 is 28.2 Å². The van der Waals surface area contributed by atoms with Crippen molar-refractivity contribution in [3.05, 3.63) is 51.7 Å². The van der Waals surface area contributed by atoms with E-state index in [0.717, 1.165) is 36.1 Å². The van der Waals surface area contributed by atoms with Crippen LogP contribution in [-0.4, -0.2) is 11.8 Å². The molecular formula is C21H25FN2O2S. The molecule has 0 aliphatic heterocycles. The molecule has 1 atom stereocenters. The van der Waals surface area contributed by atoms with Gasteiger partial charge in [0.2, 0.25) is 0 Å². The first-order chi connectivity index (χ1) is 12.7. The van der Waals surface area contributed by atoms with E-state index in [9.17, 15) is 14.0 Å². The molecule has 144 valence electrons. The number of halogens is 1. The van der Waals surface area contributed by atoms with Crippen molar-refractivity contribution in [3.63, 3.8) is 0 Å². The van der Waals surface area contributed by atoms with Crippen LogP contribution in [0.4, 0.5) is 9.39 Å². The molecular weight excluding hydrogens is 363 g/mol. The fourth-order valence-electron chi connectivity index (χ4n) is 3.71. The summed E-state index contributed by atoms with van der Waals surface area (Å²) in [6.07, 6.45) is 3.72. The second-order valence-electron chi connectivity index (χ2n) is 7.79. The van der Waals surface area contributed by atoms with Gasteiger partial charge in [0, 0.05) is 4.88 Å². The van der Waals surface area contributed by atoms with Gasteiger partial charge in [-0.2, -0.15) is 0 Å². The molecule has 1 aliphatic carbocycles. The van der Waals surface area contributed by atoms with Crippen LogP contribution < -0.4 is 11.1 Å². The van der Waals surface area contributed by atoms with Gasteiger partial charge in [-0.3, -0.25) is 9.59 Å². The predicted molar refractivity (Wildman–Crippen MR) is 107 cm³/mol. The van der Waals surface area contributed by atoms with Crippen LogP contribution >= 0.6 is 11.3 Å². The van der Waals surface area contributed by atoms with Crippen molar-refractivity contribution in [1.29, 1.82) is 0 Å². The predicted octanol–water partition coefficient (Wildman–Crippen LogP) is 4.78. The standard InChI is InChI=1S/C21H25FN2O2S/c1-4-21(2,3)12-9-10-14-16(11-12)27-20(17(14)18(23)25)24-19(26)13-7-5-6-8-15(13)22/h5-8,12H,4,9-11H2,1-3H3,(H2,23,25)(H,24,26). The van der Waals surface area contributed by atoms with Gasteiger partial charge < -0.3 is 11.1 Å². The van der Waals surface area contributed by atoms with Crippen LogP contribution in [0, 0.1) is 17.2 Å². The van der Waals surface area contributed by atoms with Gasteiger partial charge in [-0.15, -0.1) is 11.3 Å². The fraction of sp³-hybridized carbons (Fsp3) is 0.429. The lowest BCUT2D eigenvalue weighted by Gasteiger charge is -2.36. The summed E-state index contributed by atoms with van der Waals surface area (Å²) >= 11 is 1.39. The van der Waals surface area contributed by atoms with Crippen LogP contribution in [0.2, 0.25) is 0 Å². The maximum absolute atomic E-state index is 13.9. The van der Waals surface area contributed by atoms with E-state index < -0.39 is 17.6 Å². The second-order valence-corrected chi connectivity index (χ2v) is 8.89. The Morgan fingerprint density at radius 2 is 2.04 bits per heavy atom. The summed E-state index contributed by atoms with van der Waals surface area (Å²) in [6.45, 7) is 6.73. The molecule has 0 radical (unpaired) electrons. The summed E-state index contributed by atoms with van der Waals surface area (Å²) in [5.74, 6) is -1.20. The van der Waals surface area contributed by atoms with Gasteiger partial charge in [0.1, 0.15) is 10.8 Å². The normalized spacial score (nSPS) is 16.7. The van der Waals surface area contributed by atoms with Gasteiger partial charge in [-0.05, 0) is 48.3 Å². The molecule has 2 amide bonds. The minimum absolute atomic E-state index is 0.0516. The van der Waals surface area contributed by atoms with E-state index in [0.29, 0.717) is 16.5 Å². The highest BCUT2D eigenvalue weighted by Crippen LogP contribution is 2.45. The Morgan fingerprint density at radius 1 is 1.33 bits per heavy atom. The van der Waals surface area contributed by atoms with Crippen LogP contribution in [-0.2, 0) is 12.8 Å². The number of fused-ring (bicyclic) bond motifs is 1. The number of anilines is 1. The van der Waals surface area contributed by atoms with Gasteiger partial charge in [0.05, 0.1) is 11.1 Å². The Kier molecular flexibility index (Phi) is 5.38. The molecule has 4 nitrogen and oxygen atoms in total. The number of primary amides is 1. The zero-order chi connectivity index (χ0) is 19.8. The molecule has 6 heteroatoms. The Hall–Kier alpha value is -2.21. The van der Waals surface area contributed by atoms with Crippen molar-refractivity contribution in [2.75, 3.05) is 5.32 Å². The third kappa shape index (κ3) is 3.76. The summed E-state index contributed by atoms with van der Waals surface area (Å²) < 4.78 is 13.9. The van der Waals surface area contributed by atoms with Gasteiger partial charge in [0.15, 0.2) is 0 Å². The number of carbonyl (C=O) groups excluding carboxylic acids is 2. The molecule has 3 rings (SSSR count). The van der Waals surface area contributed by atoms with Gasteiger partial charge in [-0.1, -0.05) is 39.3 Å². The highest BCUT2D eigenvalue weighted by molar-refractivity contribution is 7.17. The first kappa shape index (κ1) is 19.5. The molecule has 27 heavy (non-hydrogen) atoms. The van der Waals surface area contributed by atoms with Crippen molar-refractivity contribution in [2.24, 2.45) is 17.1 Å². The topological polar surface area (TPSA) is 72.2 Å². The van der Waals surface area contributed by atoms with E-state index in [1.807, 2.05) is 0 Å². The molecule has 1 unspecified atom stereocenters. The molecule has 1 aliphatic rings. The molecule has 2 aromatic rings. The molecule has 1 aromatic carbocycles. The lowest BCUT2D eigenvalue weighted by atomic mass is 9.69. The maximum Gasteiger partial charge on any atom is 0.259 e. The van der Waals surface area contributed by atoms with E-state index in [1.54, 1.807) is 6.07 Å². The van der Waals surface area contributed by atoms with E-state index in [2.05, 4.69) is 26.1 Å². The summed E-state index contributed by atoms with van der Waals surface area (Å²) in [5.41, 5.74) is 7.10. The number of nitrogens with one attached hydrogen (secondary N) is 1. The number of carbonyl (C=O) groups is 2. The molecule has 1 heterocycles. The molecule has 0 saturated heterocycles. The number of thiophene rings is 1. The minimum Gasteiger partial charge on any atom is -0.365 e. The number of nitrogens with two attached hydrogens (primary N) is 1. The summed E-state index contributed by atoms with van der Waals surface area (Å²) in [5, 5.41) is 3.14. The summed E-state index contributed by atoms with van der Waals surface area (Å²) in [6, 6.07) is 5.78. The van der Waals surface area contributed by atoms with E-state index >= 15 is 0 Å². The van der Waals surface area contributed by atoms with Crippen LogP contribution in [0.15, 0.2) is 24.3 Å². The molecule has 0 bridgehead atoms. The van der Waals surface area contributed by atoms with E-state index in [1.165, 1.54) is 29.5 Å². The Balaban J connectivity index is 1.93. The average Bonchev–Trinajstić information content (AvgIpc) is 2.99. The quantitative estimate of drug-likeness (QED) is 0.774. The van der Waals surface area contributed by atoms with Crippen molar-refractivity contribution in [1.82, 2.24) is 0 Å². The molecule has 1 aromatic heterocycles. The maximum atomic E-state index is 13.9. The van der Waals surface area contributed by atoms with Crippen LogP contribution in [0.25, 0.3) is 0 Å². The molecule has 0 fully saturated rings. The first-order valence-corrected chi connectivity index (χ1v) is 10.1. The van der Waals surface area contributed by atoms with Gasteiger partial charge in [-0.25, -0.2) is 4.39 Å². The van der Waals surface area contributed by atoms with E-state index in [-0.39, 0.29) is 11.0 Å². The monoisotopic (exact) mass is 388 g/mol. The largest absolute Gasteiger partial charge is 0.365 e. The lowest BCUT2D eigenvalue weighted by Crippen LogP contribution is -2.29.